The van der Waals surface area contributed by atoms with Crippen molar-refractivity contribution in [3.05, 3.63) is 0 Å². The maximum absolute atomic E-state index is 12.9. The van der Waals surface area contributed by atoms with Gasteiger partial charge in [-0.1, -0.05) is 13.3 Å². The van der Waals surface area contributed by atoms with E-state index in [2.05, 4.69) is 5.32 Å². The molecule has 2 fully saturated rings. The fourth-order valence-corrected chi connectivity index (χ4v) is 5.34. The standard InChI is InChI=1S/C13H27BN4O6S.2C2HF3O2/c1-2-18(11-6-16-7-11)25(23,24)17-8-10(4-3-5-14(21)22)13(15,9-17)12(19)20;2*3-2(4,5)1(6)7/h10-11,16,21-22H,2-9,15H2,1H3,(H,19,20);2*(H,6,7)/t10-,13-;;/m0../s1. The van der Waals surface area contributed by atoms with Crippen LogP contribution in [-0.4, -0.2) is 124 Å². The second-order valence-corrected chi connectivity index (χ2v) is 10.3. The first-order chi connectivity index (χ1) is 17.5. The molecule has 22 heteroatoms. The number of carboxylic acid groups (broad SMARTS) is 3. The molecular weight excluding hydrogens is 577 g/mol. The quantitative estimate of drug-likeness (QED) is 0.121. The van der Waals surface area contributed by atoms with Crippen LogP contribution in [0.15, 0.2) is 0 Å². The first-order valence-electron chi connectivity index (χ1n) is 11.0. The number of halogens is 6. The van der Waals surface area contributed by atoms with Gasteiger partial charge in [-0.25, -0.2) is 9.59 Å². The topological polar surface area (TPSA) is 231 Å². The Bertz CT molecular complexity index is 927. The molecule has 14 nitrogen and oxygen atoms in total. The number of likely N-dealkylation sites (N-methyl/N-ethyl adjacent to an activating group) is 1. The fraction of sp³-hybridized carbons (Fsp3) is 0.824. The van der Waals surface area contributed by atoms with Crippen molar-refractivity contribution in [3.8, 4) is 0 Å². The number of carboxylic acids is 3. The van der Waals surface area contributed by atoms with E-state index in [1.54, 1.807) is 6.92 Å². The Morgan fingerprint density at radius 1 is 1.05 bits per heavy atom. The molecule has 0 amide bonds. The molecular formula is C17H29BF6N4O10S. The highest BCUT2D eigenvalue weighted by Gasteiger charge is 2.53. The minimum atomic E-state index is -5.08. The van der Waals surface area contributed by atoms with E-state index in [1.807, 2.05) is 0 Å². The van der Waals surface area contributed by atoms with E-state index in [1.165, 1.54) is 4.31 Å². The van der Waals surface area contributed by atoms with Gasteiger partial charge in [-0.2, -0.15) is 43.4 Å². The zero-order valence-corrected chi connectivity index (χ0v) is 21.1. The maximum Gasteiger partial charge on any atom is 0.490 e. The van der Waals surface area contributed by atoms with Gasteiger partial charge in [0.05, 0.1) is 6.04 Å². The number of rotatable bonds is 9. The number of alkyl halides is 6. The molecule has 0 aromatic heterocycles. The van der Waals surface area contributed by atoms with Gasteiger partial charge in [0, 0.05) is 38.6 Å². The zero-order valence-electron chi connectivity index (χ0n) is 20.3. The van der Waals surface area contributed by atoms with Crippen LogP contribution >= 0.6 is 0 Å². The van der Waals surface area contributed by atoms with Gasteiger partial charge in [-0.05, 0) is 12.7 Å². The molecule has 0 unspecified atom stereocenters. The Hall–Kier alpha value is -2.24. The predicted molar refractivity (Wildman–Crippen MR) is 119 cm³/mol. The second-order valence-electron chi connectivity index (χ2n) is 8.38. The van der Waals surface area contributed by atoms with Crippen molar-refractivity contribution >= 4 is 35.2 Å². The lowest BCUT2D eigenvalue weighted by Crippen LogP contribution is -2.61. The summed E-state index contributed by atoms with van der Waals surface area (Å²) in [6, 6.07) is -0.129. The van der Waals surface area contributed by atoms with E-state index >= 15 is 0 Å². The number of nitrogens with two attached hydrogens (primary N) is 1. The largest absolute Gasteiger partial charge is 0.490 e. The van der Waals surface area contributed by atoms with Crippen LogP contribution in [0.2, 0.25) is 6.32 Å². The molecule has 0 aliphatic carbocycles. The molecule has 2 atom stereocenters. The van der Waals surface area contributed by atoms with Crippen LogP contribution < -0.4 is 11.1 Å². The molecule has 2 aliphatic heterocycles. The van der Waals surface area contributed by atoms with Crippen LogP contribution in [-0.2, 0) is 24.6 Å². The molecule has 0 aromatic rings. The van der Waals surface area contributed by atoms with Crippen LogP contribution in [0, 0.1) is 5.92 Å². The van der Waals surface area contributed by atoms with Crippen molar-refractivity contribution in [2.75, 3.05) is 32.7 Å². The molecule has 228 valence electrons. The molecule has 39 heavy (non-hydrogen) atoms. The smallest absolute Gasteiger partial charge is 0.480 e. The number of nitrogens with one attached hydrogen (secondary N) is 1. The van der Waals surface area contributed by atoms with Crippen LogP contribution in [0.25, 0.3) is 0 Å². The van der Waals surface area contributed by atoms with E-state index in [9.17, 15) is 44.7 Å². The number of nitrogens with zero attached hydrogens (tertiary/aromatic N) is 2. The molecule has 2 aliphatic rings. The molecule has 0 bridgehead atoms. The average molecular weight is 606 g/mol. The van der Waals surface area contributed by atoms with Crippen molar-refractivity contribution < 1.29 is 74.5 Å². The molecule has 0 aromatic carbocycles. The van der Waals surface area contributed by atoms with E-state index in [4.69, 9.17) is 35.6 Å². The van der Waals surface area contributed by atoms with Crippen LogP contribution in [0.1, 0.15) is 19.8 Å². The maximum atomic E-state index is 12.9. The lowest BCUT2D eigenvalue weighted by atomic mass is 9.78. The highest BCUT2D eigenvalue weighted by molar-refractivity contribution is 7.86. The monoisotopic (exact) mass is 606 g/mol. The Labute approximate surface area is 218 Å². The summed E-state index contributed by atoms with van der Waals surface area (Å²) in [5.41, 5.74) is 4.38. The molecule has 2 heterocycles. The van der Waals surface area contributed by atoms with Crippen LogP contribution in [0.5, 0.6) is 0 Å². The molecule has 8 N–H and O–H groups in total. The lowest BCUT2D eigenvalue weighted by Gasteiger charge is -2.38. The SMILES string of the molecule is CCN(C1CNC1)S(=O)(=O)N1C[C@H](CCCB(O)O)[C@](N)(C(=O)O)C1.O=C(O)C(F)(F)F.O=C(O)C(F)(F)F. The summed E-state index contributed by atoms with van der Waals surface area (Å²) in [6.45, 7) is 2.93. The first kappa shape index (κ1) is 36.8. The Balaban J connectivity index is 0.000000848. The predicted octanol–water partition coefficient (Wildman–Crippen LogP) is -1.24. The molecule has 0 spiro atoms. The second kappa shape index (κ2) is 14.4. The van der Waals surface area contributed by atoms with Gasteiger partial charge < -0.3 is 36.4 Å². The van der Waals surface area contributed by atoms with Gasteiger partial charge in [-0.15, -0.1) is 0 Å². The lowest BCUT2D eigenvalue weighted by molar-refractivity contribution is -0.193. The summed E-state index contributed by atoms with van der Waals surface area (Å²) < 4.78 is 91.9. The molecule has 0 radical (unpaired) electrons. The normalized spacial score (nSPS) is 22.2. The summed E-state index contributed by atoms with van der Waals surface area (Å²) in [5, 5.41) is 44.7. The highest BCUT2D eigenvalue weighted by Crippen LogP contribution is 2.33. The third kappa shape index (κ3) is 11.0. The summed E-state index contributed by atoms with van der Waals surface area (Å²) in [5.74, 6) is -7.34. The highest BCUT2D eigenvalue weighted by atomic mass is 32.2. The Kier molecular flexibility index (Phi) is 13.6. The van der Waals surface area contributed by atoms with Crippen molar-refractivity contribution in [2.45, 2.75) is 50.0 Å². The first-order valence-corrected chi connectivity index (χ1v) is 12.4. The van der Waals surface area contributed by atoms with Crippen molar-refractivity contribution in [3.63, 3.8) is 0 Å². The van der Waals surface area contributed by atoms with Gasteiger partial charge in [-0.3, -0.25) is 4.79 Å². The van der Waals surface area contributed by atoms with Crippen molar-refractivity contribution in [1.82, 2.24) is 13.9 Å². The van der Waals surface area contributed by atoms with E-state index in [0.717, 1.165) is 4.31 Å². The minimum Gasteiger partial charge on any atom is -0.480 e. The summed E-state index contributed by atoms with van der Waals surface area (Å²) in [4.78, 5) is 29.5. The number of aliphatic carboxylic acids is 3. The van der Waals surface area contributed by atoms with E-state index in [-0.39, 0.29) is 25.5 Å². The molecule has 0 saturated carbocycles. The number of carbonyl (C=O) groups is 3. The molecule has 2 saturated heterocycles. The zero-order chi connectivity index (χ0) is 31.0. The summed E-state index contributed by atoms with van der Waals surface area (Å²) in [7, 11) is -5.28. The van der Waals surface area contributed by atoms with E-state index < -0.39 is 59.0 Å². The molecule has 2 rings (SSSR count). The van der Waals surface area contributed by atoms with Gasteiger partial charge in [0.2, 0.25) is 0 Å². The van der Waals surface area contributed by atoms with Gasteiger partial charge >= 0.3 is 37.4 Å². The fourth-order valence-electron chi connectivity index (χ4n) is 3.44. The Morgan fingerprint density at radius 2 is 1.49 bits per heavy atom. The van der Waals surface area contributed by atoms with Gasteiger partial charge in [0.25, 0.3) is 10.2 Å². The number of hydrogen-bond acceptors (Lipinski definition) is 9. The van der Waals surface area contributed by atoms with Crippen molar-refractivity contribution in [1.29, 1.82) is 0 Å². The van der Waals surface area contributed by atoms with Crippen LogP contribution in [0.4, 0.5) is 26.3 Å². The average Bonchev–Trinajstić information content (AvgIpc) is 3.08. The van der Waals surface area contributed by atoms with E-state index in [0.29, 0.717) is 32.5 Å². The number of hydrogen-bond donors (Lipinski definition) is 7. The summed E-state index contributed by atoms with van der Waals surface area (Å²) in [6.07, 6.45) is -9.41. The van der Waals surface area contributed by atoms with Gasteiger partial charge in [0.15, 0.2) is 0 Å². The Morgan fingerprint density at radius 3 is 1.77 bits per heavy atom. The van der Waals surface area contributed by atoms with Crippen LogP contribution in [0.3, 0.4) is 0 Å². The minimum absolute atomic E-state index is 0.0172. The summed E-state index contributed by atoms with van der Waals surface area (Å²) >= 11 is 0. The third-order valence-corrected chi connectivity index (χ3v) is 7.67. The van der Waals surface area contributed by atoms with Gasteiger partial charge in [0.1, 0.15) is 5.54 Å². The van der Waals surface area contributed by atoms with Crippen molar-refractivity contribution in [2.24, 2.45) is 11.7 Å². The third-order valence-electron chi connectivity index (χ3n) is 5.59.